The first-order valence-electron chi connectivity index (χ1n) is 30.8. The number of phenols is 2. The normalized spacial score (nSPS) is 18.6. The summed E-state index contributed by atoms with van der Waals surface area (Å²) in [6, 6.07) is 46.1. The van der Waals surface area contributed by atoms with Gasteiger partial charge in [-0.3, -0.25) is 29.1 Å². The Morgan fingerprint density at radius 1 is 0.538 bits per heavy atom. The fraction of sp³-hybridized carbons (Fsp3) is 0.296. The van der Waals surface area contributed by atoms with Gasteiger partial charge in [-0.1, -0.05) is 140 Å². The maximum Gasteiger partial charge on any atom is 0.334 e. The zero-order valence-corrected chi connectivity index (χ0v) is 51.7. The van der Waals surface area contributed by atoms with E-state index in [1.807, 2.05) is 137 Å². The summed E-state index contributed by atoms with van der Waals surface area (Å²) in [5.41, 5.74) is 9.89. The second kappa shape index (κ2) is 27.7. The molecule has 4 atom stereocenters. The third kappa shape index (κ3) is 13.8. The topological polar surface area (TPSA) is 219 Å². The molecule has 4 N–H and O–H groups in total. The smallest absolute Gasteiger partial charge is 0.334 e. The fourth-order valence-corrected chi connectivity index (χ4v) is 12.8. The fourth-order valence-electron chi connectivity index (χ4n) is 12.8. The minimum atomic E-state index is -0.864. The van der Waals surface area contributed by atoms with Crippen molar-refractivity contribution in [3.05, 3.63) is 227 Å². The standard InChI is InChI=1S/C36H38N6O4.C35H38N6O4/c1-24(2)20-40-23-33(44)41-31(18-26-12-15-29(43)16-13-26)35(45)39(21-28-14-11-25(3)30-10-7-17-37-34(28)30)22-32(41)42(40)36(46)38-19-27-8-5-4-6-9-27;1-3-18-39-23-32(43)40-30(19-25-12-15-28(42)16-13-25)34(44)38(21-27-14-11-24(2)29-10-7-17-36-33(27)29)22-31(40)41(39)35(45)37-20-26-8-5-4-6-9-26/h4-17,31-32,43H,1,18-23H2,2-3H3,(H,38,46);4-17,30-31,42H,3,18-23H2,1-2H3,(H,37,45)/t31-,32-;30-,31-/m00/s1. The van der Waals surface area contributed by atoms with Crippen LogP contribution in [0.25, 0.3) is 21.8 Å². The van der Waals surface area contributed by atoms with Gasteiger partial charge in [-0.15, -0.1) is 0 Å². The highest BCUT2D eigenvalue weighted by molar-refractivity contribution is 5.94. The van der Waals surface area contributed by atoms with Gasteiger partial charge in [-0.2, -0.15) is 0 Å². The molecule has 91 heavy (non-hydrogen) atoms. The van der Waals surface area contributed by atoms with Crippen LogP contribution in [-0.2, 0) is 58.2 Å². The third-order valence-electron chi connectivity index (χ3n) is 17.2. The summed E-state index contributed by atoms with van der Waals surface area (Å²) < 4.78 is 0. The van der Waals surface area contributed by atoms with E-state index in [4.69, 9.17) is 0 Å². The molecule has 0 radical (unpaired) electrons. The van der Waals surface area contributed by atoms with Crippen LogP contribution < -0.4 is 10.6 Å². The first kappa shape index (κ1) is 62.4. The average molecular weight is 1230 g/mol. The van der Waals surface area contributed by atoms with Crippen molar-refractivity contribution in [2.75, 3.05) is 39.3 Å². The van der Waals surface area contributed by atoms with Crippen molar-refractivity contribution >= 4 is 57.5 Å². The van der Waals surface area contributed by atoms with E-state index in [1.54, 1.807) is 101 Å². The Hall–Kier alpha value is -10.2. The number of urea groups is 2. The average Bonchev–Trinajstić information content (AvgIpc) is 0.887. The van der Waals surface area contributed by atoms with Gasteiger partial charge in [0, 0.05) is 75.3 Å². The van der Waals surface area contributed by atoms with Crippen molar-refractivity contribution < 1.29 is 39.0 Å². The summed E-state index contributed by atoms with van der Waals surface area (Å²) in [6.07, 6.45) is 3.23. The lowest BCUT2D eigenvalue weighted by atomic mass is 9.97. The number of nitrogens with zero attached hydrogens (tertiary/aromatic N) is 10. The number of amides is 8. The molecular weight excluding hydrogens is 1150 g/mol. The Kier molecular flexibility index (Phi) is 19.0. The molecule has 0 saturated carbocycles. The quantitative estimate of drug-likeness (QED) is 0.0669. The van der Waals surface area contributed by atoms with E-state index in [9.17, 15) is 39.0 Å². The summed E-state index contributed by atoms with van der Waals surface area (Å²) in [7, 11) is 0. The number of pyridine rings is 2. The van der Waals surface area contributed by atoms with Gasteiger partial charge in [-0.25, -0.2) is 29.6 Å². The van der Waals surface area contributed by atoms with Crippen LogP contribution in [0, 0.1) is 13.8 Å². The van der Waals surface area contributed by atoms with Gasteiger partial charge in [0.15, 0.2) is 0 Å². The number of hydrogen-bond donors (Lipinski definition) is 4. The van der Waals surface area contributed by atoms with Crippen LogP contribution in [0.4, 0.5) is 9.59 Å². The van der Waals surface area contributed by atoms with Gasteiger partial charge >= 0.3 is 12.1 Å². The molecule has 8 amide bonds. The Labute approximate surface area is 529 Å². The van der Waals surface area contributed by atoms with E-state index in [1.165, 1.54) is 0 Å². The Balaban J connectivity index is 0.000000187. The van der Waals surface area contributed by atoms with Crippen molar-refractivity contribution in [2.24, 2.45) is 0 Å². The highest BCUT2D eigenvalue weighted by Gasteiger charge is 2.53. The number of hydrazine groups is 2. The molecule has 4 aliphatic rings. The maximum absolute atomic E-state index is 14.4. The lowest BCUT2D eigenvalue weighted by Gasteiger charge is -2.55. The Morgan fingerprint density at radius 3 is 1.37 bits per heavy atom. The highest BCUT2D eigenvalue weighted by Crippen LogP contribution is 2.34. The van der Waals surface area contributed by atoms with Crippen LogP contribution in [0.15, 0.2) is 182 Å². The number of carbonyl (C=O) groups excluding carboxylic acids is 6. The molecule has 468 valence electrons. The van der Waals surface area contributed by atoms with Crippen molar-refractivity contribution in [1.82, 2.24) is 60.2 Å². The van der Waals surface area contributed by atoms with Crippen molar-refractivity contribution in [1.29, 1.82) is 0 Å². The van der Waals surface area contributed by atoms with Crippen LogP contribution >= 0.6 is 0 Å². The largest absolute Gasteiger partial charge is 0.508 e. The number of rotatable bonds is 16. The lowest BCUT2D eigenvalue weighted by Crippen LogP contribution is -2.76. The number of nitrogens with one attached hydrogen (secondary N) is 2. The number of carbonyl (C=O) groups is 6. The van der Waals surface area contributed by atoms with Crippen LogP contribution in [0.1, 0.15) is 64.8 Å². The molecule has 20 heteroatoms. The predicted octanol–water partition coefficient (Wildman–Crippen LogP) is 8.58. The number of aromatic hydroxyl groups is 2. The van der Waals surface area contributed by atoms with Crippen molar-refractivity contribution in [2.45, 2.75) is 97.6 Å². The summed E-state index contributed by atoms with van der Waals surface area (Å²) in [6.45, 7) is 14.2. The van der Waals surface area contributed by atoms with E-state index >= 15 is 0 Å². The minimum absolute atomic E-state index is 0.00499. The molecule has 4 fully saturated rings. The first-order valence-corrected chi connectivity index (χ1v) is 30.8. The molecule has 8 aromatic rings. The number of piperazine rings is 2. The van der Waals surface area contributed by atoms with Gasteiger partial charge in [0.25, 0.3) is 0 Å². The van der Waals surface area contributed by atoms with E-state index < -0.39 is 24.4 Å². The van der Waals surface area contributed by atoms with Crippen LogP contribution in [0.3, 0.4) is 0 Å². The van der Waals surface area contributed by atoms with Crippen LogP contribution in [0.2, 0.25) is 0 Å². The van der Waals surface area contributed by atoms with E-state index in [0.29, 0.717) is 26.2 Å². The second-order valence-electron chi connectivity index (χ2n) is 23.8. The molecule has 4 aliphatic heterocycles. The number of aromatic nitrogens is 2. The molecule has 6 heterocycles. The molecular formula is C71H76N12O8. The number of fused-ring (bicyclic) bond motifs is 4. The summed E-state index contributed by atoms with van der Waals surface area (Å²) in [5.74, 6) is -0.594. The Morgan fingerprint density at radius 2 is 0.956 bits per heavy atom. The van der Waals surface area contributed by atoms with E-state index in [0.717, 1.165) is 78.3 Å². The summed E-state index contributed by atoms with van der Waals surface area (Å²) in [5, 5.41) is 34.6. The SMILES string of the molecule is C=C(C)CN1CC(=O)N2[C@@H](Cc3ccc(O)cc3)C(=O)N(Cc3ccc(C)c4cccnc34)C[C@@H]2N1C(=O)NCc1ccccc1.CCCN1CC(=O)N2[C@@H](Cc3ccc(O)cc3)C(=O)N(Cc3ccc(C)c4cccnc34)C[C@@H]2N1C(=O)NCc1ccccc1. The number of benzene rings is 6. The summed E-state index contributed by atoms with van der Waals surface area (Å²) in [4.78, 5) is 100. The molecule has 2 aromatic heterocycles. The van der Waals surface area contributed by atoms with Gasteiger partial charge in [0.1, 0.15) is 35.9 Å². The molecule has 4 saturated heterocycles. The molecule has 0 spiro atoms. The zero-order chi connectivity index (χ0) is 63.9. The maximum atomic E-state index is 14.4. The second-order valence-corrected chi connectivity index (χ2v) is 23.8. The van der Waals surface area contributed by atoms with Crippen molar-refractivity contribution in [3.63, 3.8) is 0 Å². The van der Waals surface area contributed by atoms with Gasteiger partial charge in [0.05, 0.1) is 37.2 Å². The monoisotopic (exact) mass is 1220 g/mol. The highest BCUT2D eigenvalue weighted by atomic mass is 16.3. The van der Waals surface area contributed by atoms with Crippen LogP contribution in [-0.4, -0.2) is 159 Å². The third-order valence-corrected chi connectivity index (χ3v) is 17.2. The molecule has 0 aliphatic carbocycles. The van der Waals surface area contributed by atoms with Gasteiger partial charge in [0.2, 0.25) is 23.6 Å². The molecule has 6 aromatic carbocycles. The predicted molar refractivity (Wildman–Crippen MR) is 346 cm³/mol. The number of phenolic OH excluding ortho intramolecular Hbond substituents is 2. The molecule has 20 nitrogen and oxygen atoms in total. The Bertz CT molecular complexity index is 3990. The minimum Gasteiger partial charge on any atom is -0.508 e. The van der Waals surface area contributed by atoms with Gasteiger partial charge < -0.3 is 40.4 Å². The van der Waals surface area contributed by atoms with E-state index in [2.05, 4.69) is 27.2 Å². The molecule has 0 bridgehead atoms. The lowest BCUT2D eigenvalue weighted by molar-refractivity contribution is -0.190. The number of hydrogen-bond acceptors (Lipinski definition) is 12. The molecule has 0 unspecified atom stereocenters. The van der Waals surface area contributed by atoms with Gasteiger partial charge in [-0.05, 0) is 108 Å². The van der Waals surface area contributed by atoms with E-state index in [-0.39, 0.29) is 99.3 Å². The summed E-state index contributed by atoms with van der Waals surface area (Å²) >= 11 is 0. The molecule has 12 rings (SSSR count). The van der Waals surface area contributed by atoms with Crippen LogP contribution in [0.5, 0.6) is 11.5 Å². The van der Waals surface area contributed by atoms with Crippen molar-refractivity contribution in [3.8, 4) is 11.5 Å². The zero-order valence-electron chi connectivity index (χ0n) is 51.7. The number of aryl methyl sites for hydroxylation is 2. The first-order chi connectivity index (χ1) is 44.0.